The third kappa shape index (κ3) is 5.28. The molecular weight excluding hydrogens is 442 g/mol. The molecular formula is C29H29NO5. The van der Waals surface area contributed by atoms with Crippen LogP contribution < -0.4 is 4.74 Å². The molecule has 1 amide bonds. The van der Waals surface area contributed by atoms with Gasteiger partial charge in [-0.1, -0.05) is 59.7 Å². The van der Waals surface area contributed by atoms with Crippen molar-refractivity contribution < 1.29 is 24.2 Å². The molecule has 1 fully saturated rings. The molecule has 3 aromatic rings. The van der Waals surface area contributed by atoms with Crippen LogP contribution in [0.15, 0.2) is 78.4 Å². The number of aryl methyl sites for hydroxylation is 2. The van der Waals surface area contributed by atoms with E-state index >= 15 is 0 Å². The Morgan fingerprint density at radius 1 is 0.943 bits per heavy atom. The molecule has 35 heavy (non-hydrogen) atoms. The number of nitrogens with zero attached hydrogens (tertiary/aromatic N) is 1. The van der Waals surface area contributed by atoms with Gasteiger partial charge in [0.15, 0.2) is 0 Å². The van der Waals surface area contributed by atoms with Gasteiger partial charge in [0.05, 0.1) is 18.2 Å². The number of amides is 1. The third-order valence-corrected chi connectivity index (χ3v) is 6.09. The van der Waals surface area contributed by atoms with Crippen LogP contribution in [0.3, 0.4) is 0 Å². The second-order valence-electron chi connectivity index (χ2n) is 8.70. The summed E-state index contributed by atoms with van der Waals surface area (Å²) >= 11 is 0. The molecule has 180 valence electrons. The minimum Gasteiger partial charge on any atom is -0.507 e. The van der Waals surface area contributed by atoms with Crippen molar-refractivity contribution >= 4 is 17.4 Å². The number of carbonyl (C=O) groups excluding carboxylic acids is 2. The Morgan fingerprint density at radius 2 is 1.66 bits per heavy atom. The van der Waals surface area contributed by atoms with Crippen LogP contribution in [0.5, 0.6) is 5.75 Å². The summed E-state index contributed by atoms with van der Waals surface area (Å²) in [6.07, 6.45) is 0. The van der Waals surface area contributed by atoms with E-state index in [4.69, 9.17) is 9.47 Å². The first kappa shape index (κ1) is 24.2. The van der Waals surface area contributed by atoms with Gasteiger partial charge in [-0.2, -0.15) is 0 Å². The lowest BCUT2D eigenvalue weighted by Gasteiger charge is -2.25. The average molecular weight is 472 g/mol. The largest absolute Gasteiger partial charge is 0.507 e. The molecule has 4 rings (SSSR count). The zero-order chi connectivity index (χ0) is 24.9. The van der Waals surface area contributed by atoms with E-state index < -0.39 is 17.7 Å². The molecule has 6 nitrogen and oxygen atoms in total. The van der Waals surface area contributed by atoms with Crippen molar-refractivity contribution in [1.82, 2.24) is 4.90 Å². The van der Waals surface area contributed by atoms with Crippen LogP contribution in [0, 0.1) is 13.8 Å². The Morgan fingerprint density at radius 3 is 2.31 bits per heavy atom. The predicted octanol–water partition coefficient (Wildman–Crippen LogP) is 4.95. The van der Waals surface area contributed by atoms with Crippen molar-refractivity contribution in [1.29, 1.82) is 0 Å². The van der Waals surface area contributed by atoms with Crippen molar-refractivity contribution in [3.63, 3.8) is 0 Å². The van der Waals surface area contributed by atoms with Gasteiger partial charge in [0.1, 0.15) is 18.1 Å². The lowest BCUT2D eigenvalue weighted by atomic mass is 9.94. The number of likely N-dealkylation sites (tertiary alicyclic amines) is 1. The Balaban J connectivity index is 1.63. The maximum atomic E-state index is 13.0. The molecule has 1 saturated heterocycles. The number of carbonyl (C=O) groups is 2. The molecule has 0 aliphatic carbocycles. The smallest absolute Gasteiger partial charge is 0.295 e. The van der Waals surface area contributed by atoms with Crippen LogP contribution >= 0.6 is 0 Å². The van der Waals surface area contributed by atoms with Crippen LogP contribution in [0.2, 0.25) is 0 Å². The standard InChI is InChI=1S/C29H29NO5/c1-19-7-9-22(10-8-19)26-25(28(32)29(33)30(26)15-16-34-3)27(31)23-11-13-24(14-12-23)35-18-21-6-4-5-20(2)17-21/h4-14,17,26,31H,15-16,18H2,1-3H3/b27-25+/t26-/m1/s1. The lowest BCUT2D eigenvalue weighted by molar-refractivity contribution is -0.140. The summed E-state index contributed by atoms with van der Waals surface area (Å²) in [5.41, 5.74) is 4.55. The first-order valence-electron chi connectivity index (χ1n) is 11.5. The summed E-state index contributed by atoms with van der Waals surface area (Å²) in [7, 11) is 1.54. The van der Waals surface area contributed by atoms with Gasteiger partial charge < -0.3 is 19.5 Å². The number of hydrogen-bond acceptors (Lipinski definition) is 5. The highest BCUT2D eigenvalue weighted by Gasteiger charge is 2.45. The molecule has 1 N–H and O–H groups in total. The number of ether oxygens (including phenoxy) is 2. The Hall–Kier alpha value is -3.90. The second kappa shape index (κ2) is 10.6. The number of hydrogen-bond donors (Lipinski definition) is 1. The van der Waals surface area contributed by atoms with Crippen molar-refractivity contribution in [3.05, 3.63) is 106 Å². The highest BCUT2D eigenvalue weighted by molar-refractivity contribution is 6.46. The van der Waals surface area contributed by atoms with Crippen LogP contribution in [0.25, 0.3) is 5.76 Å². The molecule has 6 heteroatoms. The second-order valence-corrected chi connectivity index (χ2v) is 8.70. The van der Waals surface area contributed by atoms with Crippen LogP contribution in [-0.2, 0) is 20.9 Å². The third-order valence-electron chi connectivity index (χ3n) is 6.09. The van der Waals surface area contributed by atoms with Crippen molar-refractivity contribution in [2.45, 2.75) is 26.5 Å². The number of aliphatic hydroxyl groups is 1. The average Bonchev–Trinajstić information content (AvgIpc) is 3.11. The molecule has 0 spiro atoms. The van der Waals surface area contributed by atoms with E-state index in [1.54, 1.807) is 31.4 Å². The van der Waals surface area contributed by atoms with Crippen LogP contribution in [-0.4, -0.2) is 42.0 Å². The van der Waals surface area contributed by atoms with E-state index in [1.807, 2.05) is 56.3 Å². The first-order valence-corrected chi connectivity index (χ1v) is 11.5. The molecule has 3 aromatic carbocycles. The van der Waals surface area contributed by atoms with E-state index in [9.17, 15) is 14.7 Å². The highest BCUT2D eigenvalue weighted by Crippen LogP contribution is 2.39. The Bertz CT molecular complexity index is 1240. The molecule has 1 aliphatic heterocycles. The van der Waals surface area contributed by atoms with Gasteiger partial charge in [-0.25, -0.2) is 0 Å². The number of aliphatic hydroxyl groups excluding tert-OH is 1. The summed E-state index contributed by atoms with van der Waals surface area (Å²) in [6.45, 7) is 4.94. The summed E-state index contributed by atoms with van der Waals surface area (Å²) < 4.78 is 11.0. The zero-order valence-electron chi connectivity index (χ0n) is 20.2. The minimum absolute atomic E-state index is 0.0726. The van der Waals surface area contributed by atoms with E-state index in [1.165, 1.54) is 4.90 Å². The maximum Gasteiger partial charge on any atom is 0.295 e. The Kier molecular flexibility index (Phi) is 7.32. The fourth-order valence-corrected chi connectivity index (χ4v) is 4.23. The highest BCUT2D eigenvalue weighted by atomic mass is 16.5. The van der Waals surface area contributed by atoms with Crippen molar-refractivity contribution in [2.75, 3.05) is 20.3 Å². The van der Waals surface area contributed by atoms with E-state index in [0.29, 0.717) is 17.9 Å². The molecule has 0 radical (unpaired) electrons. The number of rotatable bonds is 8. The van der Waals surface area contributed by atoms with Gasteiger partial charge in [-0.05, 0) is 49.2 Å². The van der Waals surface area contributed by atoms with Gasteiger partial charge in [0.2, 0.25) is 0 Å². The SMILES string of the molecule is COCCN1C(=O)C(=O)/C(=C(/O)c2ccc(OCc3cccc(C)c3)cc2)[C@H]1c1ccc(C)cc1. The monoisotopic (exact) mass is 471 g/mol. The van der Waals surface area contributed by atoms with Gasteiger partial charge in [0, 0.05) is 19.2 Å². The van der Waals surface area contributed by atoms with Gasteiger partial charge in [-0.15, -0.1) is 0 Å². The topological polar surface area (TPSA) is 76.1 Å². The quantitative estimate of drug-likeness (QED) is 0.286. The normalized spacial score (nSPS) is 17.1. The van der Waals surface area contributed by atoms with Gasteiger partial charge >= 0.3 is 0 Å². The van der Waals surface area contributed by atoms with E-state index in [-0.39, 0.29) is 24.5 Å². The van der Waals surface area contributed by atoms with Gasteiger partial charge in [-0.3, -0.25) is 9.59 Å². The molecule has 0 saturated carbocycles. The number of Topliss-reactive ketones (excluding diaryl/α,β-unsaturated/α-hetero) is 1. The first-order chi connectivity index (χ1) is 16.9. The summed E-state index contributed by atoms with van der Waals surface area (Å²) in [4.78, 5) is 27.3. The lowest BCUT2D eigenvalue weighted by Crippen LogP contribution is -2.32. The number of benzene rings is 3. The molecule has 1 heterocycles. The fraction of sp³-hybridized carbons (Fsp3) is 0.241. The number of methoxy groups -OCH3 is 1. The predicted molar refractivity (Wildman–Crippen MR) is 134 cm³/mol. The molecule has 1 aliphatic rings. The molecule has 0 bridgehead atoms. The molecule has 0 aromatic heterocycles. The van der Waals surface area contributed by atoms with Crippen LogP contribution in [0.4, 0.5) is 0 Å². The summed E-state index contributed by atoms with van der Waals surface area (Å²) in [6, 6.07) is 21.9. The van der Waals surface area contributed by atoms with Crippen molar-refractivity contribution in [2.24, 2.45) is 0 Å². The molecule has 1 atom stereocenters. The van der Waals surface area contributed by atoms with Gasteiger partial charge in [0.25, 0.3) is 11.7 Å². The fourth-order valence-electron chi connectivity index (χ4n) is 4.23. The minimum atomic E-state index is -0.705. The number of ketones is 1. The van der Waals surface area contributed by atoms with Crippen LogP contribution in [0.1, 0.15) is 33.9 Å². The molecule has 0 unspecified atom stereocenters. The maximum absolute atomic E-state index is 13.0. The summed E-state index contributed by atoms with van der Waals surface area (Å²) in [5, 5.41) is 11.2. The van der Waals surface area contributed by atoms with E-state index in [0.717, 1.165) is 22.3 Å². The zero-order valence-corrected chi connectivity index (χ0v) is 20.2. The Labute approximate surface area is 205 Å². The van der Waals surface area contributed by atoms with Crippen molar-refractivity contribution in [3.8, 4) is 5.75 Å². The summed E-state index contributed by atoms with van der Waals surface area (Å²) in [5.74, 6) is -0.922. The van der Waals surface area contributed by atoms with E-state index in [2.05, 4.69) is 6.07 Å².